The summed E-state index contributed by atoms with van der Waals surface area (Å²) in [5.41, 5.74) is 0.447. The number of esters is 1. The van der Waals surface area contributed by atoms with E-state index in [-0.39, 0.29) is 23.2 Å². The molecular formula is C17H16Br2N2O2. The largest absolute Gasteiger partial charge is 0.442 e. The molecule has 1 heterocycles. The van der Waals surface area contributed by atoms with Crippen molar-refractivity contribution in [3.05, 3.63) is 33.5 Å². The van der Waals surface area contributed by atoms with Crippen molar-refractivity contribution in [1.82, 2.24) is 4.57 Å². The van der Waals surface area contributed by atoms with Crippen LogP contribution >= 0.6 is 31.9 Å². The summed E-state index contributed by atoms with van der Waals surface area (Å²) in [5, 5.41) is 9.31. The molecule has 1 aliphatic carbocycles. The first-order valence-corrected chi connectivity index (χ1v) is 8.62. The molecule has 1 aromatic heterocycles. The average molecular weight is 440 g/mol. The molecule has 0 aliphatic heterocycles. The molecule has 0 radical (unpaired) electrons. The molecule has 0 N–H and O–H groups in total. The number of carbonyl (C=O) groups is 1. The van der Waals surface area contributed by atoms with Crippen molar-refractivity contribution in [1.29, 1.82) is 5.26 Å². The lowest BCUT2D eigenvalue weighted by Crippen LogP contribution is -2.14. The fourth-order valence-electron chi connectivity index (χ4n) is 2.75. The van der Waals surface area contributed by atoms with Crippen molar-refractivity contribution in [2.24, 2.45) is 17.3 Å². The molecule has 3 atom stereocenters. The summed E-state index contributed by atoms with van der Waals surface area (Å²) in [4.78, 5) is 12.4. The molecule has 0 bridgehead atoms. The quantitative estimate of drug-likeness (QED) is 0.511. The summed E-state index contributed by atoms with van der Waals surface area (Å²) >= 11 is 6.63. The first-order valence-electron chi connectivity index (χ1n) is 7.03. The smallest absolute Gasteiger partial charge is 0.311 e. The van der Waals surface area contributed by atoms with Gasteiger partial charge in [-0.2, -0.15) is 5.26 Å². The van der Waals surface area contributed by atoms with Crippen LogP contribution in [0.4, 0.5) is 0 Å². The van der Waals surface area contributed by atoms with Crippen molar-refractivity contribution >= 4 is 37.8 Å². The number of halogens is 2. The molecule has 120 valence electrons. The van der Waals surface area contributed by atoms with Crippen LogP contribution in [0.15, 0.2) is 27.9 Å². The number of aromatic nitrogens is 1. The maximum absolute atomic E-state index is 12.4. The molecule has 1 saturated carbocycles. The lowest BCUT2D eigenvalue weighted by Gasteiger charge is -2.10. The zero-order chi connectivity index (χ0) is 17.2. The van der Waals surface area contributed by atoms with Gasteiger partial charge in [0.2, 0.25) is 6.10 Å². The van der Waals surface area contributed by atoms with Gasteiger partial charge in [0, 0.05) is 18.0 Å². The number of allylic oxidation sites excluding steroid dienone is 1. The maximum atomic E-state index is 12.4. The SMILES string of the molecule is C#CCn1ccc(C(C#N)OC(=O)C2C(C=C(Br)Br)C2(C)C)c1. The molecule has 0 spiro atoms. The van der Waals surface area contributed by atoms with E-state index in [0.29, 0.717) is 12.1 Å². The van der Waals surface area contributed by atoms with Crippen LogP contribution in [0.3, 0.4) is 0 Å². The van der Waals surface area contributed by atoms with Crippen molar-refractivity contribution in [2.75, 3.05) is 0 Å². The summed E-state index contributed by atoms with van der Waals surface area (Å²) in [5.74, 6) is 1.99. The van der Waals surface area contributed by atoms with Crippen molar-refractivity contribution < 1.29 is 9.53 Å². The van der Waals surface area contributed by atoms with E-state index in [1.54, 1.807) is 23.0 Å². The number of hydrogen-bond donors (Lipinski definition) is 0. The Bertz CT molecular complexity index is 718. The van der Waals surface area contributed by atoms with Crippen molar-refractivity contribution in [2.45, 2.75) is 26.5 Å². The zero-order valence-corrected chi connectivity index (χ0v) is 16.0. The average Bonchev–Trinajstić information content (AvgIpc) is 2.83. The third-order valence-corrected chi connectivity index (χ3v) is 4.70. The Morgan fingerprint density at radius 3 is 2.87 bits per heavy atom. The van der Waals surface area contributed by atoms with Gasteiger partial charge in [0.05, 0.1) is 15.9 Å². The normalized spacial score (nSPS) is 22.3. The third-order valence-electron chi connectivity index (χ3n) is 4.17. The highest BCUT2D eigenvalue weighted by Gasteiger charge is 2.61. The van der Waals surface area contributed by atoms with Gasteiger partial charge in [-0.3, -0.25) is 4.79 Å². The first-order chi connectivity index (χ1) is 10.8. The standard InChI is InChI=1S/C17H16Br2N2O2/c1-4-6-21-7-5-11(10-21)13(9-20)23-16(22)15-12(8-14(18)19)17(15,2)3/h1,5,7-8,10,12-13,15H,6H2,2-3H3. The zero-order valence-electron chi connectivity index (χ0n) is 12.8. The molecule has 0 aromatic carbocycles. The molecular weight excluding hydrogens is 424 g/mol. The maximum Gasteiger partial charge on any atom is 0.311 e. The molecule has 4 nitrogen and oxygen atoms in total. The van der Waals surface area contributed by atoms with Gasteiger partial charge in [-0.05, 0) is 49.3 Å². The second-order valence-electron chi connectivity index (χ2n) is 6.05. The van der Waals surface area contributed by atoms with Crippen LogP contribution in [-0.2, 0) is 16.1 Å². The Balaban J connectivity index is 2.08. The van der Waals surface area contributed by atoms with Crippen molar-refractivity contribution in [3.8, 4) is 18.4 Å². The van der Waals surface area contributed by atoms with E-state index in [1.165, 1.54) is 0 Å². The van der Waals surface area contributed by atoms with Gasteiger partial charge in [0.1, 0.15) is 6.07 Å². The van der Waals surface area contributed by atoms with Gasteiger partial charge in [-0.15, -0.1) is 6.42 Å². The fourth-order valence-corrected chi connectivity index (χ4v) is 3.32. The fraction of sp³-hybridized carbons (Fsp3) is 0.412. The molecule has 23 heavy (non-hydrogen) atoms. The van der Waals surface area contributed by atoms with E-state index < -0.39 is 6.10 Å². The minimum Gasteiger partial charge on any atom is -0.442 e. The monoisotopic (exact) mass is 438 g/mol. The Hall–Kier alpha value is -1.50. The topological polar surface area (TPSA) is 55.0 Å². The second-order valence-corrected chi connectivity index (χ2v) is 8.82. The van der Waals surface area contributed by atoms with Gasteiger partial charge in [0.15, 0.2) is 0 Å². The van der Waals surface area contributed by atoms with Gasteiger partial charge < -0.3 is 9.30 Å². The van der Waals surface area contributed by atoms with E-state index in [1.807, 2.05) is 26.0 Å². The molecule has 1 aliphatic rings. The van der Waals surface area contributed by atoms with Crippen LogP contribution in [0, 0.1) is 40.9 Å². The Morgan fingerprint density at radius 2 is 2.30 bits per heavy atom. The van der Waals surface area contributed by atoms with Crippen molar-refractivity contribution in [3.63, 3.8) is 0 Å². The molecule has 0 amide bonds. The Kier molecular flexibility index (Phi) is 5.39. The second kappa shape index (κ2) is 6.95. The Morgan fingerprint density at radius 1 is 1.61 bits per heavy atom. The van der Waals surface area contributed by atoms with Crippen LogP contribution in [0.5, 0.6) is 0 Å². The number of carbonyl (C=O) groups excluding carboxylic acids is 1. The molecule has 1 fully saturated rings. The summed E-state index contributed by atoms with van der Waals surface area (Å²) in [6.45, 7) is 4.43. The lowest BCUT2D eigenvalue weighted by molar-refractivity contribution is -0.149. The minimum atomic E-state index is -0.921. The van der Waals surface area contributed by atoms with Gasteiger partial charge >= 0.3 is 5.97 Å². The van der Waals surface area contributed by atoms with E-state index in [0.717, 1.165) is 3.39 Å². The van der Waals surface area contributed by atoms with Crippen LogP contribution in [0.2, 0.25) is 0 Å². The predicted octanol–water partition coefficient (Wildman–Crippen LogP) is 4.13. The number of nitriles is 1. The Labute approximate surface area is 152 Å². The number of nitrogens with zero attached hydrogens (tertiary/aromatic N) is 2. The molecule has 1 aromatic rings. The molecule has 6 heteroatoms. The van der Waals surface area contributed by atoms with E-state index in [2.05, 4.69) is 37.8 Å². The van der Waals surface area contributed by atoms with Crippen LogP contribution in [0.25, 0.3) is 0 Å². The van der Waals surface area contributed by atoms with E-state index in [9.17, 15) is 10.1 Å². The van der Waals surface area contributed by atoms with Gasteiger partial charge in [-0.1, -0.05) is 25.8 Å². The van der Waals surface area contributed by atoms with E-state index in [4.69, 9.17) is 11.2 Å². The molecule has 2 rings (SSSR count). The van der Waals surface area contributed by atoms with Crippen LogP contribution < -0.4 is 0 Å². The van der Waals surface area contributed by atoms with E-state index >= 15 is 0 Å². The number of ether oxygens (including phenoxy) is 1. The third kappa shape index (κ3) is 3.88. The number of rotatable bonds is 5. The molecule has 3 unspecified atom stereocenters. The predicted molar refractivity (Wildman–Crippen MR) is 94.4 cm³/mol. The van der Waals surface area contributed by atoms with Crippen LogP contribution in [-0.4, -0.2) is 10.5 Å². The highest BCUT2D eigenvalue weighted by atomic mass is 79.9. The van der Waals surface area contributed by atoms with Crippen LogP contribution in [0.1, 0.15) is 25.5 Å². The number of terminal acetylenes is 1. The molecule has 0 saturated heterocycles. The lowest BCUT2D eigenvalue weighted by atomic mass is 10.1. The highest BCUT2D eigenvalue weighted by Crippen LogP contribution is 2.60. The number of hydrogen-bond acceptors (Lipinski definition) is 3. The summed E-state index contributed by atoms with van der Waals surface area (Å²) in [7, 11) is 0. The minimum absolute atomic E-state index is 0.0779. The first kappa shape index (κ1) is 17.8. The van der Waals surface area contributed by atoms with Gasteiger partial charge in [0.25, 0.3) is 0 Å². The highest BCUT2D eigenvalue weighted by molar-refractivity contribution is 9.28. The summed E-state index contributed by atoms with van der Waals surface area (Å²) in [6.07, 6.45) is 9.77. The summed E-state index contributed by atoms with van der Waals surface area (Å²) < 4.78 is 8.00. The summed E-state index contributed by atoms with van der Waals surface area (Å²) in [6, 6.07) is 3.77. The van der Waals surface area contributed by atoms with Gasteiger partial charge in [-0.25, -0.2) is 0 Å².